The second-order valence-corrected chi connectivity index (χ2v) is 25.4. The first-order chi connectivity index (χ1) is 52.9. The Balaban J connectivity index is -0.000000298. The Labute approximate surface area is 661 Å². The first-order valence-corrected chi connectivity index (χ1v) is 37.4. The molecule has 1 fully saturated rings. The quantitative estimate of drug-likeness (QED) is 0.0177. The maximum atomic E-state index is 11.7. The van der Waals surface area contributed by atoms with Crippen molar-refractivity contribution < 1.29 is 125 Å². The number of likely N-dealkylation sites (N-methyl/N-ethyl adjacent to an activating group) is 1. The minimum absolute atomic E-state index is 0.00651. The predicted molar refractivity (Wildman–Crippen MR) is 411 cm³/mol. The van der Waals surface area contributed by atoms with Crippen LogP contribution in [0.5, 0.6) is 0 Å². The molecule has 0 aromatic heterocycles. The van der Waals surface area contributed by atoms with Crippen LogP contribution in [0, 0.1) is 5.92 Å². The van der Waals surface area contributed by atoms with Gasteiger partial charge in [-0.05, 0) is 90.0 Å². The molecule has 0 spiro atoms. The summed E-state index contributed by atoms with van der Waals surface area (Å²) in [5.41, 5.74) is 0. The van der Waals surface area contributed by atoms with E-state index in [-0.39, 0.29) is 296 Å². The molecule has 10 amide bonds. The Morgan fingerprint density at radius 3 is 0.752 bits per heavy atom. The molecule has 113 heavy (non-hydrogen) atoms. The van der Waals surface area contributed by atoms with Crippen molar-refractivity contribution in [3.63, 3.8) is 0 Å². The topological polar surface area (TPSA) is 567 Å². The molecule has 37 heteroatoms. The number of amides is 10. The predicted octanol–water partition coefficient (Wildman–Crippen LogP) is 1.30. The minimum atomic E-state index is -1.37. The summed E-state index contributed by atoms with van der Waals surface area (Å²) >= 11 is 0. The fraction of sp³-hybridized carbons (Fsp3) is 0.658. The van der Waals surface area contributed by atoms with Gasteiger partial charge in [0, 0.05) is 175 Å². The molecule has 37 nitrogen and oxygen atoms in total. The fourth-order valence-electron chi connectivity index (χ4n) is 8.14. The number of carbonyl (C=O) groups excluding carboxylic acids is 26. The number of rotatable bonds is 55. The molecule has 0 bridgehead atoms. The molecular weight excluding hydrogens is 1480 g/mol. The average Bonchev–Trinajstić information content (AvgIpc) is 0.770. The maximum absolute atomic E-state index is 11.7. The highest BCUT2D eigenvalue weighted by Gasteiger charge is 2.51. The molecule has 10 N–H and O–H groups in total. The summed E-state index contributed by atoms with van der Waals surface area (Å²) in [4.78, 5) is 288. The van der Waals surface area contributed by atoms with E-state index < -0.39 is 35.8 Å². The molecule has 0 unspecified atom stereocenters. The van der Waals surface area contributed by atoms with E-state index >= 15 is 0 Å². The van der Waals surface area contributed by atoms with Gasteiger partial charge in [0.05, 0.1) is 58.7 Å². The molecule has 1 saturated heterocycles. The standard InChI is InChI=1S/C14H17NO6.2C13H22N2O4.2C11H16O4.C8H18N4O2.C6H12N2O2/c1-8(16)3-5-10(18)7-15-13(20)12(14(15)21)11(19)6-4-9(2)17;2*1-3-14-12(18)7-5-10(16)9-11(17)6-8-13(19)15-4-2;2*1-8(12)3-5-10(14)7-11(15)6-4-9(2)13;1-3-10-7(13)5-9-6-12-8(14)11-4-2;1-5(9)3-7-4-8-6(2)10/h12H,3-7H2,1-2H3;2*3-9H2,1-2H3,(H,14,18)(H,15,19);2*3-7H2,1-2H3;9H,3-6H2,1-2H3,(H,10,13)(H2,11,12,14);7H,3-4H2,1-2H3,(H,8,10). The molecule has 1 aliphatic heterocycles. The van der Waals surface area contributed by atoms with Gasteiger partial charge in [-0.25, -0.2) is 4.79 Å². The van der Waals surface area contributed by atoms with Gasteiger partial charge in [-0.15, -0.1) is 0 Å². The zero-order valence-electron chi connectivity index (χ0n) is 68.4. The molecule has 0 radical (unpaired) electrons. The van der Waals surface area contributed by atoms with Gasteiger partial charge in [-0.2, -0.15) is 0 Å². The van der Waals surface area contributed by atoms with Crippen LogP contribution in [0.4, 0.5) is 4.79 Å². The first-order valence-electron chi connectivity index (χ1n) is 37.4. The summed E-state index contributed by atoms with van der Waals surface area (Å²) in [6.45, 7) is 26.1. The number of likely N-dealkylation sites (tertiary alicyclic amines) is 1. The van der Waals surface area contributed by atoms with Crippen molar-refractivity contribution in [2.75, 3.05) is 72.2 Å². The molecule has 0 saturated carbocycles. The smallest absolute Gasteiger partial charge is 0.315 e. The normalized spacial score (nSPS) is 10.6. The number of carbonyl (C=O) groups is 26. The lowest BCUT2D eigenvalue weighted by molar-refractivity contribution is -0.169. The highest BCUT2D eigenvalue weighted by Crippen LogP contribution is 2.23. The van der Waals surface area contributed by atoms with Gasteiger partial charge in [0.2, 0.25) is 47.3 Å². The molecule has 1 rings (SSSR count). The number of hydrogen-bond donors (Lipinski definition) is 10. The van der Waals surface area contributed by atoms with Crippen LogP contribution in [-0.4, -0.2) is 229 Å². The van der Waals surface area contributed by atoms with E-state index in [4.69, 9.17) is 0 Å². The number of ketones is 17. The SMILES string of the molecule is CC(=O)CCC(=O)CC(=O)CCC(C)=O.CC(=O)CCC(=O)CC(=O)CCC(C)=O.CC(=O)CCC(=O)CN1C(=O)C(C(=O)CCC(C)=O)C1=O.CC(=O)CNCNC(C)=O.CCNC(=O)CCC(=O)CC(=O)CCC(=O)NCC.CCNC(=O)CCC(=O)CC(=O)CCC(=O)NCC.CCNC(=O)CNCNC(=O)NCC. The van der Waals surface area contributed by atoms with Gasteiger partial charge in [-0.1, -0.05) is 0 Å². The Morgan fingerprint density at radius 1 is 0.257 bits per heavy atom. The molecule has 638 valence electrons. The average molecular weight is 1610 g/mol. The van der Waals surface area contributed by atoms with Crippen LogP contribution >= 0.6 is 0 Å². The molecule has 0 atom stereocenters. The van der Waals surface area contributed by atoms with Crippen molar-refractivity contribution in [2.45, 2.75) is 251 Å². The Kier molecular flexibility index (Phi) is 73.3. The summed E-state index contributed by atoms with van der Waals surface area (Å²) in [6, 6.07) is -0.240. The molecule has 0 aromatic carbocycles. The molecule has 0 aliphatic carbocycles. The summed E-state index contributed by atoms with van der Waals surface area (Å²) in [7, 11) is 0. The van der Waals surface area contributed by atoms with Crippen molar-refractivity contribution in [1.29, 1.82) is 0 Å². The van der Waals surface area contributed by atoms with Gasteiger partial charge >= 0.3 is 6.03 Å². The van der Waals surface area contributed by atoms with Gasteiger partial charge < -0.3 is 71.3 Å². The number of urea groups is 1. The van der Waals surface area contributed by atoms with Crippen molar-refractivity contribution in [2.24, 2.45) is 5.92 Å². The van der Waals surface area contributed by atoms with Crippen molar-refractivity contribution in [3.05, 3.63) is 0 Å². The highest BCUT2D eigenvalue weighted by molar-refractivity contribution is 6.31. The van der Waals surface area contributed by atoms with Crippen molar-refractivity contribution >= 4 is 152 Å². The number of hydrogen-bond acceptors (Lipinski definition) is 28. The van der Waals surface area contributed by atoms with Gasteiger partial charge in [-0.3, -0.25) is 107 Å². The maximum Gasteiger partial charge on any atom is 0.315 e. The zero-order chi connectivity index (χ0) is 88.0. The summed E-state index contributed by atoms with van der Waals surface area (Å²) in [5, 5.41) is 26.1. The second kappa shape index (κ2) is 73.0. The lowest BCUT2D eigenvalue weighted by Gasteiger charge is -2.34. The largest absolute Gasteiger partial charge is 0.356 e. The van der Waals surface area contributed by atoms with Gasteiger partial charge in [0.25, 0.3) is 0 Å². The Hall–Kier alpha value is -10.5. The lowest BCUT2D eigenvalue weighted by atomic mass is 9.89. The van der Waals surface area contributed by atoms with Crippen molar-refractivity contribution in [1.82, 2.24) is 58.1 Å². The van der Waals surface area contributed by atoms with Crippen LogP contribution in [0.3, 0.4) is 0 Å². The second-order valence-electron chi connectivity index (χ2n) is 25.4. The van der Waals surface area contributed by atoms with Gasteiger partial charge in [0.1, 0.15) is 86.7 Å². The third kappa shape index (κ3) is 80.9. The third-order valence-electron chi connectivity index (χ3n) is 14.0. The van der Waals surface area contributed by atoms with Crippen LogP contribution in [0.1, 0.15) is 251 Å². The van der Waals surface area contributed by atoms with E-state index in [1.165, 1.54) is 55.4 Å². The van der Waals surface area contributed by atoms with Crippen molar-refractivity contribution in [3.8, 4) is 0 Å². The number of imide groups is 1. The molecule has 1 heterocycles. The van der Waals surface area contributed by atoms with Gasteiger partial charge in [0.15, 0.2) is 17.5 Å². The Morgan fingerprint density at radius 2 is 0.496 bits per heavy atom. The summed E-state index contributed by atoms with van der Waals surface area (Å²) < 4.78 is 0. The first kappa shape index (κ1) is 113. The molecule has 1 aliphatic rings. The lowest BCUT2D eigenvalue weighted by Crippen LogP contribution is -2.61. The number of nitrogens with one attached hydrogen (secondary N) is 10. The number of Topliss-reactive ketones (excluding diaryl/α,β-unsaturated/α-hetero) is 17. The summed E-state index contributed by atoms with van der Waals surface area (Å²) in [6.07, 6.45) is 1.16. The highest BCUT2D eigenvalue weighted by atomic mass is 16.2. The Bertz CT molecular complexity index is 2920. The summed E-state index contributed by atoms with van der Waals surface area (Å²) in [5.74, 6) is -7.14. The fourth-order valence-corrected chi connectivity index (χ4v) is 8.14. The third-order valence-corrected chi connectivity index (χ3v) is 14.0. The van der Waals surface area contributed by atoms with Crippen LogP contribution in [0.15, 0.2) is 0 Å². The van der Waals surface area contributed by atoms with E-state index in [2.05, 4.69) is 53.2 Å². The van der Waals surface area contributed by atoms with E-state index in [0.717, 1.165) is 4.90 Å². The number of nitrogens with zero attached hydrogens (tertiary/aromatic N) is 1. The van der Waals surface area contributed by atoms with E-state index in [1.807, 2.05) is 13.8 Å². The monoisotopic (exact) mass is 1610 g/mol. The minimum Gasteiger partial charge on any atom is -0.356 e. The van der Waals surface area contributed by atoms with Crippen LogP contribution < -0.4 is 53.2 Å². The van der Waals surface area contributed by atoms with E-state index in [0.29, 0.717) is 52.5 Å². The van der Waals surface area contributed by atoms with E-state index in [9.17, 15) is 125 Å². The molecular formula is C76H123N11O26. The number of β-lactam (4-membered cyclic amide) rings is 2. The van der Waals surface area contributed by atoms with Crippen LogP contribution in [-0.2, 0) is 120 Å². The molecule has 0 aromatic rings. The van der Waals surface area contributed by atoms with Crippen LogP contribution in [0.2, 0.25) is 0 Å². The zero-order valence-corrected chi connectivity index (χ0v) is 68.4. The van der Waals surface area contributed by atoms with Crippen LogP contribution in [0.25, 0.3) is 0 Å². The van der Waals surface area contributed by atoms with E-state index in [1.54, 1.807) is 27.7 Å².